The Labute approximate surface area is 114 Å². The van der Waals surface area contributed by atoms with Gasteiger partial charge in [0.25, 0.3) is 0 Å². The lowest BCUT2D eigenvalue weighted by Gasteiger charge is -2.33. The molecule has 0 atom stereocenters. The number of nitrogens with zero attached hydrogens (tertiary/aromatic N) is 2. The fourth-order valence-electron chi connectivity index (χ4n) is 2.00. The number of carbonyl (C=O) groups is 2. The molecule has 110 valence electrons. The van der Waals surface area contributed by atoms with E-state index in [1.807, 2.05) is 6.92 Å². The Kier molecular flexibility index (Phi) is 5.17. The summed E-state index contributed by atoms with van der Waals surface area (Å²) in [5, 5.41) is 18.6. The van der Waals surface area contributed by atoms with Crippen molar-refractivity contribution in [3.63, 3.8) is 0 Å². The van der Waals surface area contributed by atoms with Crippen LogP contribution < -0.4 is 0 Å². The highest BCUT2D eigenvalue weighted by Gasteiger charge is 2.35. The molecule has 2 N–H and O–H groups in total. The minimum Gasteiger partial charge on any atom is -0.481 e. The first-order valence-corrected chi connectivity index (χ1v) is 6.74. The Bertz CT molecular complexity index is 334. The van der Waals surface area contributed by atoms with E-state index in [9.17, 15) is 14.7 Å². The quantitative estimate of drug-likeness (QED) is 0.728. The van der Waals surface area contributed by atoms with Gasteiger partial charge in [-0.2, -0.15) is 0 Å². The number of rotatable bonds is 7. The summed E-state index contributed by atoms with van der Waals surface area (Å²) in [7, 11) is 0. The van der Waals surface area contributed by atoms with Crippen LogP contribution in [0.25, 0.3) is 0 Å². The number of carbonyl (C=O) groups excluding carboxylic acids is 1. The number of urea groups is 1. The standard InChI is InChI=1S/C13H24N2O4/c1-4-14(9-13(2,3)19)12(18)15(10-5-6-10)8-7-11(16)17/h10,19H,4-9H2,1-3H3,(H,16,17). The topological polar surface area (TPSA) is 81.1 Å². The second-order valence-corrected chi connectivity index (χ2v) is 5.68. The van der Waals surface area contributed by atoms with Crippen LogP contribution in [-0.2, 0) is 4.79 Å². The average molecular weight is 272 g/mol. The Morgan fingerprint density at radius 3 is 2.26 bits per heavy atom. The number of carboxylic acid groups (broad SMARTS) is 1. The van der Waals surface area contributed by atoms with Gasteiger partial charge in [-0.3, -0.25) is 4.79 Å². The largest absolute Gasteiger partial charge is 0.481 e. The molecule has 1 aliphatic carbocycles. The molecule has 1 rings (SSSR count). The summed E-state index contributed by atoms with van der Waals surface area (Å²) in [6.45, 7) is 6.15. The van der Waals surface area contributed by atoms with Crippen molar-refractivity contribution in [2.45, 2.75) is 51.7 Å². The highest BCUT2D eigenvalue weighted by atomic mass is 16.4. The van der Waals surface area contributed by atoms with Crippen LogP contribution in [0.4, 0.5) is 4.79 Å². The number of hydrogen-bond acceptors (Lipinski definition) is 3. The van der Waals surface area contributed by atoms with Gasteiger partial charge in [0.2, 0.25) is 0 Å². The Morgan fingerprint density at radius 1 is 1.32 bits per heavy atom. The maximum absolute atomic E-state index is 12.4. The fourth-order valence-corrected chi connectivity index (χ4v) is 2.00. The number of hydrogen-bond donors (Lipinski definition) is 2. The summed E-state index contributed by atoms with van der Waals surface area (Å²) in [5.74, 6) is -0.899. The molecule has 0 unspecified atom stereocenters. The van der Waals surface area contributed by atoms with Gasteiger partial charge in [-0.05, 0) is 33.6 Å². The van der Waals surface area contributed by atoms with Gasteiger partial charge in [-0.25, -0.2) is 4.79 Å². The SMILES string of the molecule is CCN(CC(C)(C)O)C(=O)N(CCC(=O)O)C1CC1. The van der Waals surface area contributed by atoms with Crippen molar-refractivity contribution in [3.05, 3.63) is 0 Å². The van der Waals surface area contributed by atoms with Gasteiger partial charge in [0.05, 0.1) is 18.6 Å². The first-order chi connectivity index (χ1) is 8.74. The molecule has 19 heavy (non-hydrogen) atoms. The second-order valence-electron chi connectivity index (χ2n) is 5.68. The molecule has 0 spiro atoms. The smallest absolute Gasteiger partial charge is 0.320 e. The van der Waals surface area contributed by atoms with Crippen LogP contribution in [-0.4, -0.2) is 63.3 Å². The van der Waals surface area contributed by atoms with Gasteiger partial charge < -0.3 is 20.0 Å². The molecular weight excluding hydrogens is 248 g/mol. The van der Waals surface area contributed by atoms with Crippen LogP contribution in [0.3, 0.4) is 0 Å². The van der Waals surface area contributed by atoms with Gasteiger partial charge >= 0.3 is 12.0 Å². The van der Waals surface area contributed by atoms with Gasteiger partial charge in [0.1, 0.15) is 0 Å². The molecule has 1 saturated carbocycles. The number of aliphatic hydroxyl groups is 1. The Balaban J connectivity index is 2.65. The zero-order valence-electron chi connectivity index (χ0n) is 11.9. The summed E-state index contributed by atoms with van der Waals surface area (Å²) in [5.41, 5.74) is -0.951. The monoisotopic (exact) mass is 272 g/mol. The van der Waals surface area contributed by atoms with Crippen LogP contribution in [0, 0.1) is 0 Å². The third kappa shape index (κ3) is 5.46. The average Bonchev–Trinajstić information content (AvgIpc) is 3.08. The molecule has 0 aliphatic heterocycles. The molecule has 0 aromatic rings. The summed E-state index contributed by atoms with van der Waals surface area (Å²) in [6.07, 6.45) is 1.83. The predicted octanol–water partition coefficient (Wildman–Crippen LogP) is 1.14. The minimum atomic E-state index is -0.951. The van der Waals surface area contributed by atoms with Crippen LogP contribution in [0.1, 0.15) is 40.0 Å². The lowest BCUT2D eigenvalue weighted by molar-refractivity contribution is -0.137. The van der Waals surface area contributed by atoms with E-state index in [0.29, 0.717) is 6.54 Å². The van der Waals surface area contributed by atoms with Crippen molar-refractivity contribution in [2.75, 3.05) is 19.6 Å². The van der Waals surface area contributed by atoms with Gasteiger partial charge in [0, 0.05) is 19.1 Å². The highest BCUT2D eigenvalue weighted by molar-refractivity contribution is 5.76. The molecule has 1 aliphatic rings. The molecule has 0 aromatic carbocycles. The third-order valence-corrected chi connectivity index (χ3v) is 3.03. The summed E-state index contributed by atoms with van der Waals surface area (Å²) >= 11 is 0. The van der Waals surface area contributed by atoms with Gasteiger partial charge in [-0.15, -0.1) is 0 Å². The summed E-state index contributed by atoms with van der Waals surface area (Å²) < 4.78 is 0. The van der Waals surface area contributed by atoms with Crippen molar-refractivity contribution >= 4 is 12.0 Å². The minimum absolute atomic E-state index is 0.0394. The van der Waals surface area contributed by atoms with E-state index in [-0.39, 0.29) is 31.6 Å². The fraction of sp³-hybridized carbons (Fsp3) is 0.846. The first kappa shape index (κ1) is 15.8. The van der Waals surface area contributed by atoms with Crippen molar-refractivity contribution < 1.29 is 19.8 Å². The second kappa shape index (κ2) is 6.23. The van der Waals surface area contributed by atoms with Crippen LogP contribution in [0.2, 0.25) is 0 Å². The van der Waals surface area contributed by atoms with E-state index in [0.717, 1.165) is 12.8 Å². The Morgan fingerprint density at radius 2 is 1.89 bits per heavy atom. The van der Waals surface area contributed by atoms with E-state index in [1.165, 1.54) is 0 Å². The predicted molar refractivity (Wildman–Crippen MR) is 70.9 cm³/mol. The lowest BCUT2D eigenvalue weighted by Crippen LogP contribution is -2.49. The molecule has 1 fully saturated rings. The van der Waals surface area contributed by atoms with Crippen LogP contribution in [0.5, 0.6) is 0 Å². The van der Waals surface area contributed by atoms with Gasteiger partial charge in [-0.1, -0.05) is 0 Å². The number of amides is 2. The zero-order chi connectivity index (χ0) is 14.6. The van der Waals surface area contributed by atoms with Crippen LogP contribution >= 0.6 is 0 Å². The van der Waals surface area contributed by atoms with E-state index in [2.05, 4.69) is 0 Å². The number of likely N-dealkylation sites (N-methyl/N-ethyl adjacent to an activating group) is 1. The molecule has 6 heteroatoms. The number of aliphatic carboxylic acids is 1. The third-order valence-electron chi connectivity index (χ3n) is 3.03. The Hall–Kier alpha value is -1.30. The van der Waals surface area contributed by atoms with Crippen molar-refractivity contribution in [1.29, 1.82) is 0 Å². The van der Waals surface area contributed by atoms with Crippen molar-refractivity contribution in [2.24, 2.45) is 0 Å². The molecule has 0 radical (unpaired) electrons. The van der Waals surface area contributed by atoms with Crippen molar-refractivity contribution in [1.82, 2.24) is 9.80 Å². The van der Waals surface area contributed by atoms with E-state index in [4.69, 9.17) is 5.11 Å². The normalized spacial score (nSPS) is 15.2. The molecule has 2 amide bonds. The van der Waals surface area contributed by atoms with Crippen molar-refractivity contribution in [3.8, 4) is 0 Å². The van der Waals surface area contributed by atoms with Crippen LogP contribution in [0.15, 0.2) is 0 Å². The van der Waals surface area contributed by atoms with Gasteiger partial charge in [0.15, 0.2) is 0 Å². The molecular formula is C13H24N2O4. The molecule has 6 nitrogen and oxygen atoms in total. The van der Waals surface area contributed by atoms with E-state index < -0.39 is 11.6 Å². The summed E-state index contributed by atoms with van der Waals surface area (Å²) in [4.78, 5) is 26.2. The molecule has 0 aromatic heterocycles. The zero-order valence-corrected chi connectivity index (χ0v) is 11.9. The maximum atomic E-state index is 12.4. The van der Waals surface area contributed by atoms with E-state index >= 15 is 0 Å². The highest BCUT2D eigenvalue weighted by Crippen LogP contribution is 2.28. The summed E-state index contributed by atoms with van der Waals surface area (Å²) in [6, 6.07) is -0.00363. The molecule has 0 bridgehead atoms. The molecule has 0 saturated heterocycles. The number of carboxylic acids is 1. The van der Waals surface area contributed by atoms with E-state index in [1.54, 1.807) is 23.6 Å². The molecule has 0 heterocycles. The maximum Gasteiger partial charge on any atom is 0.320 e. The lowest BCUT2D eigenvalue weighted by atomic mass is 10.1. The first-order valence-electron chi connectivity index (χ1n) is 6.74.